The molecular weight excluding hydrogens is 324 g/mol. The molecule has 0 spiro atoms. The molecule has 1 aromatic carbocycles. The Morgan fingerprint density at radius 1 is 1.13 bits per heavy atom. The molecule has 1 aromatic rings. The predicted octanol–water partition coefficient (Wildman–Crippen LogP) is 4.36. The molecule has 0 aliphatic heterocycles. The fourth-order valence-corrected chi connectivity index (χ4v) is 2.54. The second kappa shape index (κ2) is 7.68. The third-order valence-electron chi connectivity index (χ3n) is 3.49. The summed E-state index contributed by atoms with van der Waals surface area (Å²) in [4.78, 5) is 20.3. The quantitative estimate of drug-likeness (QED) is 0.487. The summed E-state index contributed by atoms with van der Waals surface area (Å²) >= 11 is 6.18. The van der Waals surface area contributed by atoms with Crippen molar-refractivity contribution in [1.82, 2.24) is 0 Å². The van der Waals surface area contributed by atoms with Gasteiger partial charge in [-0.1, -0.05) is 18.0 Å². The monoisotopic (exact) mass is 338 g/mol. The maximum absolute atomic E-state index is 11.0. The predicted molar refractivity (Wildman–Crippen MR) is 87.8 cm³/mol. The lowest BCUT2D eigenvalue weighted by atomic mass is 10.1. The molecule has 0 atom stereocenters. The average molecular weight is 339 g/mol. The number of hydrogen-bond donors (Lipinski definition) is 1. The van der Waals surface area contributed by atoms with E-state index in [2.05, 4.69) is 10.5 Å². The number of non-ortho nitro benzene ring substituents is 1. The van der Waals surface area contributed by atoms with Gasteiger partial charge < -0.3 is 0 Å². The van der Waals surface area contributed by atoms with Crippen LogP contribution in [-0.4, -0.2) is 16.1 Å². The van der Waals surface area contributed by atoms with Gasteiger partial charge in [-0.2, -0.15) is 5.10 Å². The molecule has 1 aliphatic carbocycles. The van der Waals surface area contributed by atoms with Gasteiger partial charge in [-0.3, -0.25) is 25.7 Å². The molecule has 0 aromatic heterocycles. The summed E-state index contributed by atoms with van der Waals surface area (Å²) in [5.74, 6) is 0. The first-order valence-electron chi connectivity index (χ1n) is 7.08. The van der Waals surface area contributed by atoms with Crippen LogP contribution in [0.25, 0.3) is 0 Å². The number of allylic oxidation sites excluding steroid dienone is 2. The van der Waals surface area contributed by atoms with Crippen molar-refractivity contribution in [3.05, 3.63) is 49.0 Å². The Bertz CT molecular complexity index is 687. The van der Waals surface area contributed by atoms with Gasteiger partial charge >= 0.3 is 5.69 Å². The van der Waals surface area contributed by atoms with Crippen LogP contribution in [0.3, 0.4) is 0 Å². The fourth-order valence-electron chi connectivity index (χ4n) is 2.26. The molecule has 23 heavy (non-hydrogen) atoms. The lowest BCUT2D eigenvalue weighted by Gasteiger charge is -2.03. The number of hydrogen-bond acceptors (Lipinski definition) is 6. The summed E-state index contributed by atoms with van der Waals surface area (Å²) in [5.41, 5.74) is 2.80. The highest BCUT2D eigenvalue weighted by Gasteiger charge is 2.19. The molecule has 1 N–H and O–H groups in total. The van der Waals surface area contributed by atoms with Gasteiger partial charge in [0.25, 0.3) is 5.69 Å². The van der Waals surface area contributed by atoms with Crippen LogP contribution < -0.4 is 5.43 Å². The van der Waals surface area contributed by atoms with Gasteiger partial charge in [-0.25, -0.2) is 0 Å². The Morgan fingerprint density at radius 2 is 1.87 bits per heavy atom. The zero-order chi connectivity index (χ0) is 16.8. The first-order chi connectivity index (χ1) is 11.0. The number of hydrazone groups is 1. The molecule has 0 fully saturated rings. The van der Waals surface area contributed by atoms with Crippen LogP contribution >= 0.6 is 11.6 Å². The summed E-state index contributed by atoms with van der Waals surface area (Å²) in [6, 6.07) is 3.34. The number of rotatable bonds is 5. The Morgan fingerprint density at radius 3 is 2.57 bits per heavy atom. The topological polar surface area (TPSA) is 111 Å². The maximum Gasteiger partial charge on any atom is 0.301 e. The van der Waals surface area contributed by atoms with E-state index in [-0.39, 0.29) is 11.4 Å². The van der Waals surface area contributed by atoms with E-state index in [1.54, 1.807) is 6.21 Å². The standard InChI is InChI=1S/C14H15ClN4O4/c15-12-5-3-1-2-4-10(12)9-16-17-13-7-6-11(18(20)21)8-14(13)19(22)23/h6-9,17H,1-5H2/b16-9-. The third-order valence-corrected chi connectivity index (χ3v) is 3.92. The van der Waals surface area contributed by atoms with Gasteiger partial charge in [0.2, 0.25) is 0 Å². The van der Waals surface area contributed by atoms with E-state index in [0.717, 1.165) is 48.8 Å². The summed E-state index contributed by atoms with van der Waals surface area (Å²) < 4.78 is 0. The lowest BCUT2D eigenvalue weighted by molar-refractivity contribution is -0.393. The Kier molecular flexibility index (Phi) is 5.64. The smallest absolute Gasteiger partial charge is 0.272 e. The second-order valence-electron chi connectivity index (χ2n) is 5.08. The van der Waals surface area contributed by atoms with Crippen LogP contribution in [0.15, 0.2) is 33.9 Å². The lowest BCUT2D eigenvalue weighted by Crippen LogP contribution is -1.99. The highest BCUT2D eigenvalue weighted by atomic mass is 35.5. The number of benzene rings is 1. The second-order valence-corrected chi connectivity index (χ2v) is 5.53. The molecule has 122 valence electrons. The molecule has 8 nitrogen and oxygen atoms in total. The largest absolute Gasteiger partial charge is 0.301 e. The van der Waals surface area contributed by atoms with Gasteiger partial charge in [0, 0.05) is 11.1 Å². The summed E-state index contributed by atoms with van der Waals surface area (Å²) in [6.07, 6.45) is 6.34. The molecule has 0 radical (unpaired) electrons. The fraction of sp³-hybridized carbons (Fsp3) is 0.357. The molecule has 0 heterocycles. The number of nitrogens with one attached hydrogen (secondary N) is 1. The number of nitro benzene ring substituents is 2. The van der Waals surface area contributed by atoms with Gasteiger partial charge in [0.1, 0.15) is 5.69 Å². The number of anilines is 1. The molecule has 0 saturated carbocycles. The highest BCUT2D eigenvalue weighted by Crippen LogP contribution is 2.29. The maximum atomic E-state index is 11.0. The molecule has 0 bridgehead atoms. The van der Waals surface area contributed by atoms with Crippen LogP contribution in [0.1, 0.15) is 32.1 Å². The van der Waals surface area contributed by atoms with E-state index in [1.807, 2.05) is 0 Å². The Labute approximate surface area is 137 Å². The van der Waals surface area contributed by atoms with Crippen molar-refractivity contribution in [3.63, 3.8) is 0 Å². The normalized spacial score (nSPS) is 15.5. The van der Waals surface area contributed by atoms with Crippen LogP contribution in [0.2, 0.25) is 0 Å². The van der Waals surface area contributed by atoms with Crippen molar-refractivity contribution in [3.8, 4) is 0 Å². The van der Waals surface area contributed by atoms with Gasteiger partial charge in [0.05, 0.1) is 22.1 Å². The molecule has 9 heteroatoms. The average Bonchev–Trinajstić information content (AvgIpc) is 2.72. The first kappa shape index (κ1) is 16.9. The molecule has 2 rings (SSSR count). The Hall–Kier alpha value is -2.48. The molecule has 0 saturated heterocycles. The van der Waals surface area contributed by atoms with Gasteiger partial charge in [-0.15, -0.1) is 0 Å². The molecule has 0 unspecified atom stereocenters. The van der Waals surface area contributed by atoms with Crippen molar-refractivity contribution in [2.24, 2.45) is 5.10 Å². The van der Waals surface area contributed by atoms with Crippen LogP contribution in [0.5, 0.6) is 0 Å². The van der Waals surface area contributed by atoms with Crippen molar-refractivity contribution in [2.75, 3.05) is 5.43 Å². The zero-order valence-electron chi connectivity index (χ0n) is 12.2. The SMILES string of the molecule is O=[N+]([O-])c1ccc(N/N=C\C2=C(Cl)CCCCC2)c([N+](=O)[O-])c1. The van der Waals surface area contributed by atoms with Crippen molar-refractivity contribution < 1.29 is 9.85 Å². The summed E-state index contributed by atoms with van der Waals surface area (Å²) in [6.45, 7) is 0. The van der Waals surface area contributed by atoms with E-state index in [9.17, 15) is 20.2 Å². The van der Waals surface area contributed by atoms with E-state index < -0.39 is 15.5 Å². The minimum Gasteiger partial charge on any atom is -0.272 e. The van der Waals surface area contributed by atoms with Crippen LogP contribution in [0, 0.1) is 20.2 Å². The minimum absolute atomic E-state index is 0.0854. The summed E-state index contributed by atoms with van der Waals surface area (Å²) in [5, 5.41) is 26.4. The highest BCUT2D eigenvalue weighted by molar-refractivity contribution is 6.31. The van der Waals surface area contributed by atoms with Crippen molar-refractivity contribution in [2.45, 2.75) is 32.1 Å². The number of halogens is 1. The van der Waals surface area contributed by atoms with Gasteiger partial charge in [0.15, 0.2) is 0 Å². The zero-order valence-corrected chi connectivity index (χ0v) is 13.0. The minimum atomic E-state index is -0.692. The van der Waals surface area contributed by atoms with E-state index in [0.29, 0.717) is 0 Å². The van der Waals surface area contributed by atoms with Crippen molar-refractivity contribution in [1.29, 1.82) is 0 Å². The molecular formula is C14H15ClN4O4. The Balaban J connectivity index is 2.18. The third kappa shape index (κ3) is 4.49. The summed E-state index contributed by atoms with van der Waals surface area (Å²) in [7, 11) is 0. The van der Waals surface area contributed by atoms with E-state index >= 15 is 0 Å². The van der Waals surface area contributed by atoms with E-state index in [4.69, 9.17) is 11.6 Å². The van der Waals surface area contributed by atoms with Crippen LogP contribution in [-0.2, 0) is 0 Å². The number of nitro groups is 2. The molecule has 0 amide bonds. The van der Waals surface area contributed by atoms with Gasteiger partial charge in [-0.05, 0) is 37.3 Å². The van der Waals surface area contributed by atoms with Crippen molar-refractivity contribution >= 4 is 34.9 Å². The first-order valence-corrected chi connectivity index (χ1v) is 7.46. The number of nitrogens with zero attached hydrogens (tertiary/aromatic N) is 3. The van der Waals surface area contributed by atoms with Crippen LogP contribution in [0.4, 0.5) is 17.1 Å². The molecule has 1 aliphatic rings. The van der Waals surface area contributed by atoms with E-state index in [1.165, 1.54) is 12.1 Å².